The molecule has 118 valence electrons. The Labute approximate surface area is 126 Å². The fraction of sp³-hybridized carbons (Fsp3) is 0.750. The Bertz CT molecular complexity index is 512. The number of hydrogen-bond donors (Lipinski definition) is 2. The van der Waals surface area contributed by atoms with Crippen LogP contribution in [0.15, 0.2) is 6.07 Å². The zero-order chi connectivity index (χ0) is 15.8. The molecule has 0 unspecified atom stereocenters. The number of nitrogens with one attached hydrogen (secondary N) is 1. The van der Waals surface area contributed by atoms with E-state index in [0.717, 1.165) is 5.69 Å². The summed E-state index contributed by atoms with van der Waals surface area (Å²) in [7, 11) is 0. The molecule has 1 saturated carbocycles. The second-order valence-electron chi connectivity index (χ2n) is 7.23. The SMILES string of the molecule is C[C@@H](CO)[C@@H](C)NC(=O)c1cc(C2CC2)n(C(C)(C)C)n1. The van der Waals surface area contributed by atoms with Crippen molar-refractivity contribution in [3.05, 3.63) is 17.5 Å². The second-order valence-corrected chi connectivity index (χ2v) is 7.23. The molecule has 5 heteroatoms. The number of amides is 1. The standard InChI is InChI=1S/C16H27N3O2/c1-10(9-20)11(2)17-15(21)13-8-14(12-6-7-12)19(18-13)16(3,4)5/h8,10-12,20H,6-7,9H2,1-5H3,(H,17,21)/t10-,11+/m0/s1. The summed E-state index contributed by atoms with van der Waals surface area (Å²) in [5, 5.41) is 16.6. The second kappa shape index (κ2) is 5.79. The summed E-state index contributed by atoms with van der Waals surface area (Å²) < 4.78 is 1.99. The van der Waals surface area contributed by atoms with Crippen LogP contribution in [0.3, 0.4) is 0 Å². The third-order valence-electron chi connectivity index (χ3n) is 4.10. The van der Waals surface area contributed by atoms with Crippen molar-refractivity contribution in [2.24, 2.45) is 5.92 Å². The van der Waals surface area contributed by atoms with E-state index in [9.17, 15) is 4.79 Å². The maximum atomic E-state index is 12.3. The van der Waals surface area contributed by atoms with Gasteiger partial charge in [-0.05, 0) is 52.5 Å². The minimum absolute atomic E-state index is 0.0292. The van der Waals surface area contributed by atoms with E-state index in [2.05, 4.69) is 31.2 Å². The molecule has 2 rings (SSSR count). The van der Waals surface area contributed by atoms with Gasteiger partial charge in [-0.3, -0.25) is 9.48 Å². The third-order valence-corrected chi connectivity index (χ3v) is 4.10. The van der Waals surface area contributed by atoms with Gasteiger partial charge in [-0.1, -0.05) is 6.92 Å². The van der Waals surface area contributed by atoms with E-state index in [-0.39, 0.29) is 30.0 Å². The first-order valence-electron chi connectivity index (χ1n) is 7.76. The summed E-state index contributed by atoms with van der Waals surface area (Å²) in [6.45, 7) is 10.2. The number of carbonyl (C=O) groups excluding carboxylic acids is 1. The maximum Gasteiger partial charge on any atom is 0.272 e. The first-order valence-corrected chi connectivity index (χ1v) is 7.76. The van der Waals surface area contributed by atoms with Crippen molar-refractivity contribution < 1.29 is 9.90 Å². The summed E-state index contributed by atoms with van der Waals surface area (Å²) in [5.74, 6) is 0.418. The lowest BCUT2D eigenvalue weighted by Gasteiger charge is -2.22. The Kier molecular flexibility index (Phi) is 4.42. The van der Waals surface area contributed by atoms with Crippen LogP contribution in [-0.4, -0.2) is 33.4 Å². The van der Waals surface area contributed by atoms with Crippen LogP contribution >= 0.6 is 0 Å². The molecule has 21 heavy (non-hydrogen) atoms. The highest BCUT2D eigenvalue weighted by atomic mass is 16.3. The molecule has 1 aromatic heterocycles. The number of aliphatic hydroxyl groups excluding tert-OH is 1. The van der Waals surface area contributed by atoms with E-state index in [4.69, 9.17) is 5.11 Å². The van der Waals surface area contributed by atoms with Crippen LogP contribution < -0.4 is 5.32 Å². The van der Waals surface area contributed by atoms with E-state index in [1.165, 1.54) is 12.8 Å². The van der Waals surface area contributed by atoms with Crippen LogP contribution in [0.25, 0.3) is 0 Å². The van der Waals surface area contributed by atoms with Gasteiger partial charge >= 0.3 is 0 Å². The van der Waals surface area contributed by atoms with Gasteiger partial charge in [0, 0.05) is 24.3 Å². The Morgan fingerprint density at radius 2 is 2.10 bits per heavy atom. The fourth-order valence-electron chi connectivity index (χ4n) is 2.29. The summed E-state index contributed by atoms with van der Waals surface area (Å²) in [6, 6.07) is 1.85. The lowest BCUT2D eigenvalue weighted by atomic mass is 10.1. The molecule has 0 spiro atoms. The first-order chi connectivity index (χ1) is 9.74. The van der Waals surface area contributed by atoms with Crippen molar-refractivity contribution in [2.75, 3.05) is 6.61 Å². The highest BCUT2D eigenvalue weighted by Gasteiger charge is 2.32. The van der Waals surface area contributed by atoms with Gasteiger partial charge in [-0.15, -0.1) is 0 Å². The van der Waals surface area contributed by atoms with E-state index in [1.54, 1.807) is 0 Å². The molecule has 1 heterocycles. The Hall–Kier alpha value is -1.36. The molecule has 0 aromatic carbocycles. The molecule has 0 saturated heterocycles. The van der Waals surface area contributed by atoms with Gasteiger partial charge in [0.25, 0.3) is 5.91 Å². The highest BCUT2D eigenvalue weighted by molar-refractivity contribution is 5.92. The molecule has 0 bridgehead atoms. The minimum Gasteiger partial charge on any atom is -0.396 e. The molecule has 2 atom stereocenters. The number of carbonyl (C=O) groups is 1. The fourth-order valence-corrected chi connectivity index (χ4v) is 2.29. The molecule has 1 fully saturated rings. The molecule has 0 radical (unpaired) electrons. The highest BCUT2D eigenvalue weighted by Crippen LogP contribution is 2.41. The van der Waals surface area contributed by atoms with Crippen LogP contribution in [0.5, 0.6) is 0 Å². The van der Waals surface area contributed by atoms with E-state index in [1.807, 2.05) is 24.6 Å². The quantitative estimate of drug-likeness (QED) is 0.875. The molecule has 1 aliphatic rings. The largest absolute Gasteiger partial charge is 0.396 e. The Morgan fingerprint density at radius 3 is 2.57 bits per heavy atom. The van der Waals surface area contributed by atoms with Gasteiger partial charge in [0.15, 0.2) is 0 Å². The van der Waals surface area contributed by atoms with Crippen molar-refractivity contribution in [1.29, 1.82) is 0 Å². The zero-order valence-corrected chi connectivity index (χ0v) is 13.7. The predicted octanol–water partition coefficient (Wildman–Crippen LogP) is 2.26. The van der Waals surface area contributed by atoms with Crippen molar-refractivity contribution in [1.82, 2.24) is 15.1 Å². The Morgan fingerprint density at radius 1 is 1.48 bits per heavy atom. The maximum absolute atomic E-state index is 12.3. The summed E-state index contributed by atoms with van der Waals surface area (Å²) in [4.78, 5) is 12.3. The average molecular weight is 293 g/mol. The van der Waals surface area contributed by atoms with Gasteiger partial charge in [-0.25, -0.2) is 0 Å². The van der Waals surface area contributed by atoms with E-state index >= 15 is 0 Å². The van der Waals surface area contributed by atoms with Crippen LogP contribution in [0.1, 0.15) is 69.6 Å². The van der Waals surface area contributed by atoms with Crippen LogP contribution in [0.4, 0.5) is 0 Å². The number of rotatable bonds is 5. The number of aromatic nitrogens is 2. The summed E-state index contributed by atoms with van der Waals surface area (Å²) in [5.41, 5.74) is 1.51. The van der Waals surface area contributed by atoms with Crippen LogP contribution in [0, 0.1) is 5.92 Å². The lowest BCUT2D eigenvalue weighted by Crippen LogP contribution is -2.38. The molecule has 1 amide bonds. The van der Waals surface area contributed by atoms with Crippen molar-refractivity contribution in [2.45, 2.75) is 65.0 Å². The van der Waals surface area contributed by atoms with Gasteiger partial charge in [0.2, 0.25) is 0 Å². The topological polar surface area (TPSA) is 67.2 Å². The monoisotopic (exact) mass is 293 g/mol. The predicted molar refractivity (Wildman–Crippen MR) is 82.4 cm³/mol. The van der Waals surface area contributed by atoms with Crippen LogP contribution in [0.2, 0.25) is 0 Å². The third kappa shape index (κ3) is 3.64. The van der Waals surface area contributed by atoms with E-state index < -0.39 is 0 Å². The molecular weight excluding hydrogens is 266 g/mol. The molecule has 1 aliphatic carbocycles. The molecular formula is C16H27N3O2. The van der Waals surface area contributed by atoms with Gasteiger partial charge in [0.1, 0.15) is 5.69 Å². The minimum atomic E-state index is -0.160. The number of hydrogen-bond acceptors (Lipinski definition) is 3. The molecule has 5 nitrogen and oxygen atoms in total. The smallest absolute Gasteiger partial charge is 0.272 e. The van der Waals surface area contributed by atoms with Crippen molar-refractivity contribution in [3.8, 4) is 0 Å². The van der Waals surface area contributed by atoms with Gasteiger partial charge in [-0.2, -0.15) is 5.10 Å². The number of nitrogens with zero attached hydrogens (tertiary/aromatic N) is 2. The Balaban J connectivity index is 2.18. The molecule has 0 aliphatic heterocycles. The zero-order valence-electron chi connectivity index (χ0n) is 13.7. The average Bonchev–Trinajstić information content (AvgIpc) is 3.14. The van der Waals surface area contributed by atoms with Crippen molar-refractivity contribution >= 4 is 5.91 Å². The summed E-state index contributed by atoms with van der Waals surface area (Å²) >= 11 is 0. The normalized spacial score (nSPS) is 18.4. The number of aliphatic hydroxyl groups is 1. The summed E-state index contributed by atoms with van der Waals surface area (Å²) in [6.07, 6.45) is 2.36. The lowest BCUT2D eigenvalue weighted by molar-refractivity contribution is 0.0909. The first kappa shape index (κ1) is 16.0. The van der Waals surface area contributed by atoms with E-state index in [0.29, 0.717) is 11.6 Å². The van der Waals surface area contributed by atoms with Crippen LogP contribution in [-0.2, 0) is 5.54 Å². The molecule has 2 N–H and O–H groups in total. The van der Waals surface area contributed by atoms with Gasteiger partial charge in [0.05, 0.1) is 5.54 Å². The molecule has 1 aromatic rings. The van der Waals surface area contributed by atoms with Crippen molar-refractivity contribution in [3.63, 3.8) is 0 Å². The van der Waals surface area contributed by atoms with Gasteiger partial charge < -0.3 is 10.4 Å².